The van der Waals surface area contributed by atoms with Gasteiger partial charge in [-0.3, -0.25) is 9.69 Å². The minimum Gasteiger partial charge on any atom is -0.543 e. The van der Waals surface area contributed by atoms with Crippen molar-refractivity contribution in [2.24, 2.45) is 0 Å². The number of aliphatic hydroxyl groups is 1. The lowest BCUT2D eigenvalue weighted by atomic mass is 9.85. The van der Waals surface area contributed by atoms with Crippen molar-refractivity contribution in [1.29, 1.82) is 0 Å². The van der Waals surface area contributed by atoms with E-state index in [9.17, 15) is 9.90 Å². The number of carbonyl (C=O) groups is 1. The summed E-state index contributed by atoms with van der Waals surface area (Å²) >= 11 is 0. The molecule has 1 amide bonds. The van der Waals surface area contributed by atoms with Gasteiger partial charge in [-0.1, -0.05) is 45.0 Å². The smallest absolute Gasteiger partial charge is 0.273 e. The Morgan fingerprint density at radius 1 is 0.943 bits per heavy atom. The van der Waals surface area contributed by atoms with Gasteiger partial charge in [-0.15, -0.1) is 0 Å². The molecule has 0 saturated carbocycles. The molecule has 1 aliphatic heterocycles. The minimum atomic E-state index is -2.06. The molecular formula is C29H35NO4Si. The Kier molecular flexibility index (Phi) is 6.10. The first kappa shape index (κ1) is 25.0. The fraction of sp³-hybridized carbons (Fsp3) is 0.345. The zero-order valence-corrected chi connectivity index (χ0v) is 22.9. The number of hydrogen-bond donors (Lipinski definition) is 1. The molecule has 0 saturated heterocycles. The molecule has 0 aromatic heterocycles. The molecule has 1 atom stereocenters. The zero-order valence-electron chi connectivity index (χ0n) is 21.9. The highest BCUT2D eigenvalue weighted by molar-refractivity contribution is 6.74. The number of ether oxygens (including phenoxy) is 1. The molecule has 35 heavy (non-hydrogen) atoms. The maximum Gasteiger partial charge on any atom is 0.273 e. The van der Waals surface area contributed by atoms with Crippen LogP contribution in [-0.4, -0.2) is 26.4 Å². The van der Waals surface area contributed by atoms with E-state index < -0.39 is 19.8 Å². The first-order chi connectivity index (χ1) is 16.3. The number of hydrogen-bond acceptors (Lipinski definition) is 4. The molecule has 0 bridgehead atoms. The number of aryl methyl sites for hydroxylation is 2. The van der Waals surface area contributed by atoms with Crippen LogP contribution in [0.15, 0.2) is 60.7 Å². The predicted molar refractivity (Wildman–Crippen MR) is 143 cm³/mol. The third-order valence-electron chi connectivity index (χ3n) is 7.40. The van der Waals surface area contributed by atoms with Crippen LogP contribution < -0.4 is 14.1 Å². The third-order valence-corrected chi connectivity index (χ3v) is 11.7. The van der Waals surface area contributed by atoms with Gasteiger partial charge in [0.15, 0.2) is 5.60 Å². The van der Waals surface area contributed by atoms with Crippen molar-refractivity contribution in [2.45, 2.75) is 58.4 Å². The number of amides is 1. The molecule has 1 heterocycles. The summed E-state index contributed by atoms with van der Waals surface area (Å²) in [7, 11) is -0.470. The molecule has 5 nitrogen and oxygen atoms in total. The highest BCUT2D eigenvalue weighted by Gasteiger charge is 2.52. The fourth-order valence-corrected chi connectivity index (χ4v) is 5.51. The van der Waals surface area contributed by atoms with Gasteiger partial charge >= 0.3 is 0 Å². The molecular weight excluding hydrogens is 454 g/mol. The summed E-state index contributed by atoms with van der Waals surface area (Å²) in [5.74, 6) is 1.07. The van der Waals surface area contributed by atoms with Crippen LogP contribution in [-0.2, 0) is 10.4 Å². The van der Waals surface area contributed by atoms with E-state index in [4.69, 9.17) is 9.16 Å². The number of fused-ring (bicyclic) bond motifs is 1. The van der Waals surface area contributed by atoms with Gasteiger partial charge in [0.2, 0.25) is 0 Å². The first-order valence-corrected chi connectivity index (χ1v) is 14.8. The van der Waals surface area contributed by atoms with Crippen LogP contribution in [0, 0.1) is 13.8 Å². The third kappa shape index (κ3) is 4.04. The van der Waals surface area contributed by atoms with Crippen LogP contribution in [0.4, 0.5) is 11.4 Å². The van der Waals surface area contributed by atoms with Crippen molar-refractivity contribution < 1.29 is 19.1 Å². The molecule has 4 rings (SSSR count). The standard InChI is InChI=1S/C29H35NO4Si/c1-19-16-21(17-20(2)26(19)34-35(7,8)28(3,4)5)29(32)24-14-9-10-15-25(24)30(27(29)31)22-12-11-13-23(18-22)33-6/h9-18,32H,1-8H3. The fourth-order valence-electron chi connectivity index (χ4n) is 4.37. The van der Waals surface area contributed by atoms with Crippen molar-refractivity contribution in [3.63, 3.8) is 0 Å². The van der Waals surface area contributed by atoms with Gasteiger partial charge in [-0.2, -0.15) is 0 Å². The summed E-state index contributed by atoms with van der Waals surface area (Å²) in [6.45, 7) is 15.0. The lowest BCUT2D eigenvalue weighted by Gasteiger charge is -2.37. The normalized spacial score (nSPS) is 18.0. The van der Waals surface area contributed by atoms with Gasteiger partial charge in [0.1, 0.15) is 11.5 Å². The average molecular weight is 490 g/mol. The Morgan fingerprint density at radius 3 is 2.17 bits per heavy atom. The summed E-state index contributed by atoms with van der Waals surface area (Å²) in [6.07, 6.45) is 0. The molecule has 1 N–H and O–H groups in total. The molecule has 1 aliphatic rings. The second-order valence-electron chi connectivity index (χ2n) is 10.9. The van der Waals surface area contributed by atoms with E-state index in [-0.39, 0.29) is 5.04 Å². The molecule has 3 aromatic rings. The number of carbonyl (C=O) groups excluding carboxylic acids is 1. The van der Waals surface area contributed by atoms with Crippen molar-refractivity contribution in [3.8, 4) is 11.5 Å². The van der Waals surface area contributed by atoms with E-state index in [2.05, 4.69) is 33.9 Å². The largest absolute Gasteiger partial charge is 0.543 e. The summed E-state index contributed by atoms with van der Waals surface area (Å²) in [6, 6.07) is 18.5. The summed E-state index contributed by atoms with van der Waals surface area (Å²) in [5.41, 5.74) is 2.40. The van der Waals surface area contributed by atoms with Crippen LogP contribution in [0.2, 0.25) is 18.1 Å². The number of rotatable bonds is 5. The maximum atomic E-state index is 14.0. The Balaban J connectivity index is 1.83. The molecule has 1 unspecified atom stereocenters. The van der Waals surface area contributed by atoms with Crippen LogP contribution in [0.1, 0.15) is 43.0 Å². The monoisotopic (exact) mass is 489 g/mol. The van der Waals surface area contributed by atoms with E-state index in [0.717, 1.165) is 16.9 Å². The number of methoxy groups -OCH3 is 1. The van der Waals surface area contributed by atoms with Gasteiger partial charge in [0, 0.05) is 11.6 Å². The van der Waals surface area contributed by atoms with E-state index in [0.29, 0.717) is 28.3 Å². The molecule has 0 radical (unpaired) electrons. The van der Waals surface area contributed by atoms with Crippen molar-refractivity contribution in [1.82, 2.24) is 0 Å². The lowest BCUT2D eigenvalue weighted by molar-refractivity contribution is -0.131. The summed E-state index contributed by atoms with van der Waals surface area (Å²) in [4.78, 5) is 15.5. The van der Waals surface area contributed by atoms with Crippen molar-refractivity contribution >= 4 is 25.6 Å². The Hall–Kier alpha value is -3.09. The number of nitrogens with zero attached hydrogens (tertiary/aromatic N) is 1. The van der Waals surface area contributed by atoms with E-state index in [1.54, 1.807) is 18.1 Å². The second-order valence-corrected chi connectivity index (χ2v) is 15.6. The van der Waals surface area contributed by atoms with Gasteiger partial charge in [0.25, 0.3) is 14.2 Å². The maximum absolute atomic E-state index is 14.0. The van der Waals surface area contributed by atoms with E-state index >= 15 is 0 Å². The number of anilines is 2. The lowest BCUT2D eigenvalue weighted by Crippen LogP contribution is -2.44. The Morgan fingerprint density at radius 2 is 1.57 bits per heavy atom. The molecule has 0 spiro atoms. The topological polar surface area (TPSA) is 59.0 Å². The highest BCUT2D eigenvalue weighted by atomic mass is 28.4. The van der Waals surface area contributed by atoms with E-state index in [1.165, 1.54) is 0 Å². The predicted octanol–water partition coefficient (Wildman–Crippen LogP) is 6.61. The summed E-state index contributed by atoms with van der Waals surface area (Å²) < 4.78 is 12.0. The van der Waals surface area contributed by atoms with Crippen molar-refractivity contribution in [3.05, 3.63) is 82.9 Å². The Bertz CT molecular complexity index is 1270. The summed E-state index contributed by atoms with van der Waals surface area (Å²) in [5, 5.41) is 12.1. The molecule has 3 aromatic carbocycles. The van der Waals surface area contributed by atoms with Crippen LogP contribution in [0.25, 0.3) is 0 Å². The quantitative estimate of drug-likeness (QED) is 0.410. The van der Waals surface area contributed by atoms with Crippen LogP contribution >= 0.6 is 0 Å². The minimum absolute atomic E-state index is 0.0559. The molecule has 6 heteroatoms. The molecule has 0 fully saturated rings. The van der Waals surface area contributed by atoms with E-state index in [1.807, 2.05) is 68.4 Å². The second kappa shape index (κ2) is 8.54. The number of para-hydroxylation sites is 1. The number of benzene rings is 3. The van der Waals surface area contributed by atoms with Crippen LogP contribution in [0.5, 0.6) is 11.5 Å². The van der Waals surface area contributed by atoms with Gasteiger partial charge < -0.3 is 14.3 Å². The molecule has 184 valence electrons. The van der Waals surface area contributed by atoms with Crippen molar-refractivity contribution in [2.75, 3.05) is 12.0 Å². The van der Waals surface area contributed by atoms with Crippen LogP contribution in [0.3, 0.4) is 0 Å². The zero-order chi connectivity index (χ0) is 25.8. The average Bonchev–Trinajstić information content (AvgIpc) is 3.03. The Labute approximate surface area is 209 Å². The first-order valence-electron chi connectivity index (χ1n) is 11.9. The van der Waals surface area contributed by atoms with Gasteiger partial charge in [-0.05, 0) is 79.0 Å². The van der Waals surface area contributed by atoms with Gasteiger partial charge in [0.05, 0.1) is 18.5 Å². The highest BCUT2D eigenvalue weighted by Crippen LogP contribution is 2.49. The SMILES string of the molecule is COc1cccc(N2C(=O)C(O)(c3cc(C)c(O[Si](C)(C)C(C)(C)C)c(C)c3)c3ccccc32)c1. The van der Waals surface area contributed by atoms with Gasteiger partial charge in [-0.25, -0.2) is 0 Å². The molecule has 0 aliphatic carbocycles.